The van der Waals surface area contributed by atoms with Gasteiger partial charge in [0.1, 0.15) is 5.82 Å². The lowest BCUT2D eigenvalue weighted by molar-refractivity contribution is -0.134. The Balaban J connectivity index is 1.54. The van der Waals surface area contributed by atoms with E-state index in [-0.39, 0.29) is 35.9 Å². The molecule has 4 aromatic rings. The fourth-order valence-corrected chi connectivity index (χ4v) is 3.61. The third-order valence-electron chi connectivity index (χ3n) is 5.23. The maximum atomic E-state index is 13.0. The number of aryl methyl sites for hydroxylation is 1. The zero-order chi connectivity index (χ0) is 22.0. The Morgan fingerprint density at radius 1 is 1.06 bits per heavy atom. The Morgan fingerprint density at radius 2 is 1.77 bits per heavy atom. The summed E-state index contributed by atoms with van der Waals surface area (Å²) in [7, 11) is 0. The van der Waals surface area contributed by atoms with Crippen LogP contribution in [-0.4, -0.2) is 36.6 Å². The normalized spacial score (nSPS) is 11.3. The molecule has 2 aromatic heterocycles. The number of fused-ring (bicyclic) bond motifs is 2. The standard InChI is InChI=1S/C23H23N5O3/c1-15(2)27(14-21-25-18-9-5-3-7-16(18)23(31)26-21)22(30)11-12-28-19-10-6-4-8-17(19)20(29)13-24-28/h3-10,13,15H,11-12,14H2,1-2H3,(H,25,26,31). The second-order valence-electron chi connectivity index (χ2n) is 7.64. The summed E-state index contributed by atoms with van der Waals surface area (Å²) in [6, 6.07) is 14.2. The molecule has 0 aliphatic heterocycles. The molecule has 0 atom stereocenters. The number of carbonyl (C=O) groups excluding carboxylic acids is 1. The van der Waals surface area contributed by atoms with Gasteiger partial charge in [-0.15, -0.1) is 0 Å². The highest BCUT2D eigenvalue weighted by atomic mass is 16.2. The van der Waals surface area contributed by atoms with Crippen LogP contribution in [-0.2, 0) is 17.9 Å². The number of nitrogens with one attached hydrogen (secondary N) is 1. The highest BCUT2D eigenvalue weighted by Crippen LogP contribution is 2.12. The quantitative estimate of drug-likeness (QED) is 0.519. The first-order valence-electron chi connectivity index (χ1n) is 10.2. The van der Waals surface area contributed by atoms with Crippen molar-refractivity contribution in [3.8, 4) is 0 Å². The topological polar surface area (TPSA) is 101 Å². The molecule has 0 spiro atoms. The van der Waals surface area contributed by atoms with Crippen molar-refractivity contribution in [3.05, 3.63) is 81.1 Å². The van der Waals surface area contributed by atoms with Crippen molar-refractivity contribution in [2.75, 3.05) is 0 Å². The first-order valence-corrected chi connectivity index (χ1v) is 10.2. The van der Waals surface area contributed by atoms with Crippen molar-refractivity contribution in [2.45, 2.75) is 39.4 Å². The SMILES string of the molecule is CC(C)N(Cc1nc2ccccc2c(=O)[nH]1)C(=O)CCn1ncc(=O)c2ccccc21. The average Bonchev–Trinajstić information content (AvgIpc) is 2.77. The second kappa shape index (κ2) is 8.51. The van der Waals surface area contributed by atoms with Gasteiger partial charge < -0.3 is 9.88 Å². The maximum absolute atomic E-state index is 13.0. The molecule has 0 unspecified atom stereocenters. The third kappa shape index (κ3) is 4.23. The van der Waals surface area contributed by atoms with Gasteiger partial charge in [0.05, 0.1) is 35.7 Å². The molecule has 0 fully saturated rings. The molecule has 8 heteroatoms. The van der Waals surface area contributed by atoms with E-state index in [1.165, 1.54) is 6.20 Å². The number of nitrogens with zero attached hydrogens (tertiary/aromatic N) is 4. The van der Waals surface area contributed by atoms with E-state index in [4.69, 9.17) is 0 Å². The number of rotatable bonds is 6. The summed E-state index contributed by atoms with van der Waals surface area (Å²) in [5.74, 6) is 0.355. The van der Waals surface area contributed by atoms with E-state index in [9.17, 15) is 14.4 Å². The Labute approximate surface area is 178 Å². The van der Waals surface area contributed by atoms with Gasteiger partial charge in [0.15, 0.2) is 0 Å². The lowest BCUT2D eigenvalue weighted by Crippen LogP contribution is -2.38. The number of amides is 1. The third-order valence-corrected chi connectivity index (χ3v) is 5.23. The molecule has 2 heterocycles. The number of benzene rings is 2. The van der Waals surface area contributed by atoms with Gasteiger partial charge in [0, 0.05) is 17.8 Å². The van der Waals surface area contributed by atoms with Crippen LogP contribution in [0.1, 0.15) is 26.1 Å². The first-order chi connectivity index (χ1) is 14.9. The number of hydrogen-bond acceptors (Lipinski definition) is 5. The minimum Gasteiger partial charge on any atom is -0.333 e. The van der Waals surface area contributed by atoms with Crippen molar-refractivity contribution in [2.24, 2.45) is 0 Å². The van der Waals surface area contributed by atoms with Crippen LogP contribution in [0.5, 0.6) is 0 Å². The van der Waals surface area contributed by atoms with Crippen molar-refractivity contribution >= 4 is 27.7 Å². The van der Waals surface area contributed by atoms with E-state index in [0.29, 0.717) is 34.2 Å². The minimum atomic E-state index is -0.222. The predicted octanol–water partition coefficient (Wildman–Crippen LogP) is 2.46. The average molecular weight is 417 g/mol. The van der Waals surface area contributed by atoms with Crippen molar-refractivity contribution < 1.29 is 4.79 Å². The van der Waals surface area contributed by atoms with Crippen molar-refractivity contribution in [1.82, 2.24) is 24.6 Å². The number of aromatic nitrogens is 4. The highest BCUT2D eigenvalue weighted by molar-refractivity contribution is 5.79. The molecule has 31 heavy (non-hydrogen) atoms. The maximum Gasteiger partial charge on any atom is 0.258 e. The van der Waals surface area contributed by atoms with Gasteiger partial charge in [-0.3, -0.25) is 19.1 Å². The van der Waals surface area contributed by atoms with Crippen LogP contribution < -0.4 is 11.0 Å². The van der Waals surface area contributed by atoms with Crippen molar-refractivity contribution in [3.63, 3.8) is 0 Å². The van der Waals surface area contributed by atoms with Crippen molar-refractivity contribution in [1.29, 1.82) is 0 Å². The fourth-order valence-electron chi connectivity index (χ4n) is 3.61. The number of hydrogen-bond donors (Lipinski definition) is 1. The highest BCUT2D eigenvalue weighted by Gasteiger charge is 2.19. The molecule has 0 radical (unpaired) electrons. The van der Waals surface area contributed by atoms with Crippen LogP contribution in [0.3, 0.4) is 0 Å². The summed E-state index contributed by atoms with van der Waals surface area (Å²) in [5, 5.41) is 5.28. The molecule has 0 aliphatic carbocycles. The van der Waals surface area contributed by atoms with E-state index in [1.54, 1.807) is 39.9 Å². The number of aromatic amines is 1. The molecule has 2 aromatic carbocycles. The molecule has 0 saturated carbocycles. The van der Waals surface area contributed by atoms with E-state index in [1.807, 2.05) is 32.0 Å². The van der Waals surface area contributed by atoms with Crippen LogP contribution in [0.25, 0.3) is 21.8 Å². The summed E-state index contributed by atoms with van der Waals surface area (Å²) in [6.45, 7) is 4.38. The summed E-state index contributed by atoms with van der Waals surface area (Å²) < 4.78 is 1.67. The molecule has 4 rings (SSSR count). The zero-order valence-electron chi connectivity index (χ0n) is 17.4. The lowest BCUT2D eigenvalue weighted by Gasteiger charge is -2.26. The number of H-pyrrole nitrogens is 1. The summed E-state index contributed by atoms with van der Waals surface area (Å²) in [4.78, 5) is 46.3. The summed E-state index contributed by atoms with van der Waals surface area (Å²) >= 11 is 0. The first kappa shape index (κ1) is 20.5. The zero-order valence-corrected chi connectivity index (χ0v) is 17.4. The molecule has 0 saturated heterocycles. The van der Waals surface area contributed by atoms with Crippen LogP contribution in [0.2, 0.25) is 0 Å². The van der Waals surface area contributed by atoms with E-state index >= 15 is 0 Å². The van der Waals surface area contributed by atoms with E-state index in [0.717, 1.165) is 0 Å². The Kier molecular flexibility index (Phi) is 5.62. The van der Waals surface area contributed by atoms with Crippen LogP contribution >= 0.6 is 0 Å². The molecule has 0 aliphatic rings. The molecule has 1 amide bonds. The smallest absolute Gasteiger partial charge is 0.258 e. The Morgan fingerprint density at radius 3 is 2.55 bits per heavy atom. The molecule has 8 nitrogen and oxygen atoms in total. The lowest BCUT2D eigenvalue weighted by atomic mass is 10.2. The second-order valence-corrected chi connectivity index (χ2v) is 7.64. The fraction of sp³-hybridized carbons (Fsp3) is 0.261. The predicted molar refractivity (Wildman–Crippen MR) is 119 cm³/mol. The van der Waals surface area contributed by atoms with Crippen LogP contribution in [0.4, 0.5) is 0 Å². The molecule has 0 bridgehead atoms. The molecular formula is C23H23N5O3. The summed E-state index contributed by atoms with van der Waals surface area (Å²) in [5.41, 5.74) is 0.926. The monoisotopic (exact) mass is 417 g/mol. The van der Waals surface area contributed by atoms with Gasteiger partial charge in [0.25, 0.3) is 5.56 Å². The Hall–Kier alpha value is -3.81. The molecule has 1 N–H and O–H groups in total. The molecular weight excluding hydrogens is 394 g/mol. The van der Waals surface area contributed by atoms with E-state index < -0.39 is 0 Å². The van der Waals surface area contributed by atoms with Crippen LogP contribution in [0, 0.1) is 0 Å². The minimum absolute atomic E-state index is 0.0806. The van der Waals surface area contributed by atoms with Gasteiger partial charge in [-0.25, -0.2) is 4.98 Å². The van der Waals surface area contributed by atoms with E-state index in [2.05, 4.69) is 15.1 Å². The van der Waals surface area contributed by atoms with Gasteiger partial charge in [-0.2, -0.15) is 5.10 Å². The van der Waals surface area contributed by atoms with Gasteiger partial charge in [-0.05, 0) is 38.1 Å². The summed E-state index contributed by atoms with van der Waals surface area (Å²) in [6.07, 6.45) is 1.48. The Bertz CT molecular complexity index is 1370. The molecule has 158 valence electrons. The van der Waals surface area contributed by atoms with Gasteiger partial charge in [0.2, 0.25) is 11.3 Å². The number of carbonyl (C=O) groups is 1. The van der Waals surface area contributed by atoms with Crippen LogP contribution in [0.15, 0.2) is 64.3 Å². The van der Waals surface area contributed by atoms with Gasteiger partial charge >= 0.3 is 0 Å². The van der Waals surface area contributed by atoms with Gasteiger partial charge in [-0.1, -0.05) is 24.3 Å². The number of para-hydroxylation sites is 2. The largest absolute Gasteiger partial charge is 0.333 e.